The maximum Gasteiger partial charge on any atom is 0.269 e. The van der Waals surface area contributed by atoms with Crippen molar-refractivity contribution in [2.75, 3.05) is 20.7 Å². The Bertz CT molecular complexity index is 1280. The second-order valence-corrected chi connectivity index (χ2v) is 9.63. The second kappa shape index (κ2) is 11.4. The molecule has 0 fully saturated rings. The SMILES string of the molecule is COc1cc(C(=O)NNC(=O)CN(C)S(=O)(=O)c2ccc(C)cc2)ccc1OCc1ccncc1. The predicted molar refractivity (Wildman–Crippen MR) is 128 cm³/mol. The molecule has 0 saturated carbocycles. The summed E-state index contributed by atoms with van der Waals surface area (Å²) >= 11 is 0. The number of carbonyl (C=O) groups is 2. The van der Waals surface area contributed by atoms with Crippen LogP contribution in [0.1, 0.15) is 21.5 Å². The molecule has 0 bridgehead atoms. The number of methoxy groups -OCH3 is 1. The molecule has 0 aliphatic rings. The number of aryl methyl sites for hydroxylation is 1. The zero-order valence-corrected chi connectivity index (χ0v) is 20.3. The van der Waals surface area contributed by atoms with Crippen LogP contribution in [0.3, 0.4) is 0 Å². The molecule has 0 aliphatic heterocycles. The third kappa shape index (κ3) is 6.78. The lowest BCUT2D eigenvalue weighted by atomic mass is 10.2. The van der Waals surface area contributed by atoms with Crippen LogP contribution < -0.4 is 20.3 Å². The van der Waals surface area contributed by atoms with Crippen molar-refractivity contribution in [1.29, 1.82) is 0 Å². The van der Waals surface area contributed by atoms with Crippen LogP contribution in [0.5, 0.6) is 11.5 Å². The molecule has 2 aromatic carbocycles. The van der Waals surface area contributed by atoms with Crippen LogP contribution in [0.2, 0.25) is 0 Å². The van der Waals surface area contributed by atoms with Crippen LogP contribution in [0, 0.1) is 6.92 Å². The van der Waals surface area contributed by atoms with Crippen molar-refractivity contribution in [3.63, 3.8) is 0 Å². The van der Waals surface area contributed by atoms with Crippen molar-refractivity contribution in [3.05, 3.63) is 83.7 Å². The van der Waals surface area contributed by atoms with E-state index in [0.29, 0.717) is 18.1 Å². The highest BCUT2D eigenvalue weighted by atomic mass is 32.2. The van der Waals surface area contributed by atoms with E-state index in [2.05, 4.69) is 15.8 Å². The monoisotopic (exact) mass is 498 g/mol. The number of hydrogen-bond acceptors (Lipinski definition) is 7. The molecular formula is C24H26N4O6S. The first-order valence-corrected chi connectivity index (χ1v) is 12.0. The third-order valence-electron chi connectivity index (χ3n) is 4.98. The molecule has 1 aromatic heterocycles. The summed E-state index contributed by atoms with van der Waals surface area (Å²) in [5, 5.41) is 0. The van der Waals surface area contributed by atoms with Crippen molar-refractivity contribution in [2.24, 2.45) is 0 Å². The fraction of sp³-hybridized carbons (Fsp3) is 0.208. The van der Waals surface area contributed by atoms with Gasteiger partial charge in [-0.15, -0.1) is 0 Å². The molecule has 11 heteroatoms. The number of nitrogens with zero attached hydrogens (tertiary/aromatic N) is 2. The fourth-order valence-electron chi connectivity index (χ4n) is 2.98. The lowest BCUT2D eigenvalue weighted by molar-refractivity contribution is -0.121. The maximum atomic E-state index is 12.6. The predicted octanol–water partition coefficient (Wildman–Crippen LogP) is 2.06. The molecule has 0 saturated heterocycles. The van der Waals surface area contributed by atoms with Gasteiger partial charge in [-0.3, -0.25) is 25.4 Å². The van der Waals surface area contributed by atoms with Gasteiger partial charge in [0.05, 0.1) is 18.6 Å². The van der Waals surface area contributed by atoms with E-state index in [0.717, 1.165) is 15.4 Å². The quantitative estimate of drug-likeness (QED) is 0.432. The van der Waals surface area contributed by atoms with Crippen LogP contribution in [0.25, 0.3) is 0 Å². The molecule has 0 aliphatic carbocycles. The Kier molecular flexibility index (Phi) is 8.39. The number of hydrogen-bond donors (Lipinski definition) is 2. The molecule has 3 aromatic rings. The highest BCUT2D eigenvalue weighted by Crippen LogP contribution is 2.28. The van der Waals surface area contributed by atoms with Gasteiger partial charge in [-0.1, -0.05) is 17.7 Å². The van der Waals surface area contributed by atoms with Gasteiger partial charge < -0.3 is 9.47 Å². The molecule has 0 unspecified atom stereocenters. The minimum Gasteiger partial charge on any atom is -0.493 e. The summed E-state index contributed by atoms with van der Waals surface area (Å²) in [4.78, 5) is 28.7. The zero-order chi connectivity index (χ0) is 25.4. The molecular weight excluding hydrogens is 472 g/mol. The summed E-state index contributed by atoms with van der Waals surface area (Å²) < 4.78 is 37.2. The van der Waals surface area contributed by atoms with E-state index >= 15 is 0 Å². The number of likely N-dealkylation sites (N-methyl/N-ethyl adjacent to an activating group) is 1. The zero-order valence-electron chi connectivity index (χ0n) is 19.5. The summed E-state index contributed by atoms with van der Waals surface area (Å²) in [6.07, 6.45) is 3.32. The Morgan fingerprint density at radius 3 is 2.31 bits per heavy atom. The Morgan fingerprint density at radius 2 is 1.66 bits per heavy atom. The number of carbonyl (C=O) groups excluding carboxylic acids is 2. The average molecular weight is 499 g/mol. The molecule has 3 rings (SSSR count). The lowest BCUT2D eigenvalue weighted by Gasteiger charge is -2.17. The van der Waals surface area contributed by atoms with E-state index in [1.54, 1.807) is 30.6 Å². The number of amides is 2. The van der Waals surface area contributed by atoms with Crippen molar-refractivity contribution in [1.82, 2.24) is 20.1 Å². The molecule has 0 radical (unpaired) electrons. The number of benzene rings is 2. The smallest absolute Gasteiger partial charge is 0.269 e. The van der Waals surface area contributed by atoms with Gasteiger partial charge in [0.15, 0.2) is 11.5 Å². The molecule has 35 heavy (non-hydrogen) atoms. The van der Waals surface area contributed by atoms with Gasteiger partial charge in [0.2, 0.25) is 10.0 Å². The van der Waals surface area contributed by atoms with E-state index in [4.69, 9.17) is 9.47 Å². The largest absolute Gasteiger partial charge is 0.493 e. The molecule has 10 nitrogen and oxygen atoms in total. The topological polar surface area (TPSA) is 127 Å². The first-order valence-electron chi connectivity index (χ1n) is 10.5. The van der Waals surface area contributed by atoms with Gasteiger partial charge in [-0.05, 0) is 55.0 Å². The third-order valence-corrected chi connectivity index (χ3v) is 6.80. The molecule has 184 valence electrons. The van der Waals surface area contributed by atoms with E-state index < -0.39 is 28.4 Å². The summed E-state index contributed by atoms with van der Waals surface area (Å²) in [6.45, 7) is 1.65. The summed E-state index contributed by atoms with van der Waals surface area (Å²) in [6, 6.07) is 14.5. The van der Waals surface area contributed by atoms with E-state index in [1.807, 2.05) is 19.1 Å². The molecule has 1 heterocycles. The van der Waals surface area contributed by atoms with E-state index in [1.165, 1.54) is 38.4 Å². The Balaban J connectivity index is 1.56. The Morgan fingerprint density at radius 1 is 0.971 bits per heavy atom. The highest BCUT2D eigenvalue weighted by Gasteiger charge is 2.23. The number of sulfonamides is 1. The minimum atomic E-state index is -3.86. The number of aromatic nitrogens is 1. The minimum absolute atomic E-state index is 0.0702. The van der Waals surface area contributed by atoms with Crippen molar-refractivity contribution in [3.8, 4) is 11.5 Å². The molecule has 2 amide bonds. The molecule has 0 atom stereocenters. The highest BCUT2D eigenvalue weighted by molar-refractivity contribution is 7.89. The first-order chi connectivity index (χ1) is 16.7. The summed E-state index contributed by atoms with van der Waals surface area (Å²) in [5.41, 5.74) is 6.53. The number of nitrogens with one attached hydrogen (secondary N) is 2. The lowest BCUT2D eigenvalue weighted by Crippen LogP contribution is -2.46. The Hall–Kier alpha value is -3.96. The van der Waals surface area contributed by atoms with E-state index in [-0.39, 0.29) is 10.5 Å². The molecule has 2 N–H and O–H groups in total. The van der Waals surface area contributed by atoms with Crippen LogP contribution in [-0.2, 0) is 21.4 Å². The van der Waals surface area contributed by atoms with Crippen LogP contribution in [-0.4, -0.2) is 50.2 Å². The van der Waals surface area contributed by atoms with Crippen molar-refractivity contribution < 1.29 is 27.5 Å². The van der Waals surface area contributed by atoms with Gasteiger partial charge in [-0.2, -0.15) is 4.31 Å². The van der Waals surface area contributed by atoms with Gasteiger partial charge in [-0.25, -0.2) is 8.42 Å². The number of ether oxygens (including phenoxy) is 2. The fourth-order valence-corrected chi connectivity index (χ4v) is 4.11. The van der Waals surface area contributed by atoms with Crippen molar-refractivity contribution >= 4 is 21.8 Å². The van der Waals surface area contributed by atoms with Gasteiger partial charge >= 0.3 is 0 Å². The average Bonchev–Trinajstić information content (AvgIpc) is 2.86. The first kappa shape index (κ1) is 25.7. The van der Waals surface area contributed by atoms with Crippen LogP contribution in [0.15, 0.2) is 71.9 Å². The second-order valence-electron chi connectivity index (χ2n) is 7.59. The number of pyridine rings is 1. The normalized spacial score (nSPS) is 11.1. The van der Waals surface area contributed by atoms with Crippen LogP contribution >= 0.6 is 0 Å². The summed E-state index contributed by atoms with van der Waals surface area (Å²) in [5.74, 6) is -0.544. The number of hydrazine groups is 1. The van der Waals surface area contributed by atoms with Gasteiger partial charge in [0.25, 0.3) is 11.8 Å². The Labute approximate surface area is 203 Å². The van der Waals surface area contributed by atoms with E-state index in [9.17, 15) is 18.0 Å². The summed E-state index contributed by atoms with van der Waals surface area (Å²) in [7, 11) is -1.12. The van der Waals surface area contributed by atoms with Gasteiger partial charge in [0.1, 0.15) is 6.61 Å². The van der Waals surface area contributed by atoms with Crippen LogP contribution in [0.4, 0.5) is 0 Å². The standard InChI is InChI=1S/C24H26N4O6S/c1-17-4-7-20(8-5-17)35(31,32)28(2)15-23(29)26-27-24(30)19-6-9-21(22(14-19)33-3)34-16-18-10-12-25-13-11-18/h4-14H,15-16H2,1-3H3,(H,26,29)(H,27,30). The maximum absolute atomic E-state index is 12.6. The van der Waals surface area contributed by atoms with Crippen molar-refractivity contribution in [2.45, 2.75) is 18.4 Å². The molecule has 0 spiro atoms. The number of rotatable bonds is 9. The van der Waals surface area contributed by atoms with Gasteiger partial charge in [0, 0.05) is 25.0 Å².